The van der Waals surface area contributed by atoms with Gasteiger partial charge in [0.2, 0.25) is 5.91 Å². The molecule has 0 saturated heterocycles. The minimum absolute atomic E-state index is 0.204. The maximum Gasteiger partial charge on any atom is 0.307 e. The van der Waals surface area contributed by atoms with E-state index in [9.17, 15) is 14.0 Å². The van der Waals surface area contributed by atoms with E-state index in [1.807, 2.05) is 0 Å². The standard InChI is InChI=1S/C15H15FN4O3/c1-15(2)11(12(15)14(22)23)13(21)19-8-3-4-10(9(16)5-8)20-7-17-6-18-20/h3-7,11-12H,1-2H3,(H,19,21)(H,22,23)/t11-,12+/m1/s1. The van der Waals surface area contributed by atoms with Crippen molar-refractivity contribution < 1.29 is 19.1 Å². The molecule has 2 atom stereocenters. The zero-order valence-electron chi connectivity index (χ0n) is 12.5. The van der Waals surface area contributed by atoms with Crippen molar-refractivity contribution in [2.45, 2.75) is 13.8 Å². The lowest BCUT2D eigenvalue weighted by atomic mass is 10.1. The summed E-state index contributed by atoms with van der Waals surface area (Å²) in [6.07, 6.45) is 2.65. The van der Waals surface area contributed by atoms with Crippen LogP contribution in [0.25, 0.3) is 5.69 Å². The largest absolute Gasteiger partial charge is 0.481 e. The van der Waals surface area contributed by atoms with Crippen LogP contribution in [0.3, 0.4) is 0 Å². The van der Waals surface area contributed by atoms with Gasteiger partial charge < -0.3 is 10.4 Å². The second kappa shape index (κ2) is 5.15. The first-order chi connectivity index (χ1) is 10.8. The van der Waals surface area contributed by atoms with Gasteiger partial charge in [-0.1, -0.05) is 13.8 Å². The summed E-state index contributed by atoms with van der Waals surface area (Å²) in [5, 5.41) is 15.5. The maximum absolute atomic E-state index is 14.1. The van der Waals surface area contributed by atoms with E-state index in [1.165, 1.54) is 35.5 Å². The Hall–Kier alpha value is -2.77. The summed E-state index contributed by atoms with van der Waals surface area (Å²) < 4.78 is 15.4. The minimum atomic E-state index is -0.997. The van der Waals surface area contributed by atoms with Crippen LogP contribution in [-0.2, 0) is 9.59 Å². The number of hydrogen-bond donors (Lipinski definition) is 2. The predicted molar refractivity (Wildman–Crippen MR) is 78.3 cm³/mol. The lowest BCUT2D eigenvalue weighted by Gasteiger charge is -2.08. The number of hydrogen-bond acceptors (Lipinski definition) is 4. The first-order valence-corrected chi connectivity index (χ1v) is 7.00. The monoisotopic (exact) mass is 318 g/mol. The van der Waals surface area contributed by atoms with Crippen molar-refractivity contribution in [3.8, 4) is 5.69 Å². The third-order valence-electron chi connectivity index (χ3n) is 4.26. The lowest BCUT2D eigenvalue weighted by Crippen LogP contribution is -2.18. The fourth-order valence-electron chi connectivity index (χ4n) is 2.91. The van der Waals surface area contributed by atoms with E-state index in [2.05, 4.69) is 15.4 Å². The van der Waals surface area contributed by atoms with Crippen LogP contribution in [0.15, 0.2) is 30.9 Å². The summed E-state index contributed by atoms with van der Waals surface area (Å²) >= 11 is 0. The number of aliphatic carboxylic acids is 1. The third-order valence-corrected chi connectivity index (χ3v) is 4.26. The van der Waals surface area contributed by atoms with Crippen molar-refractivity contribution in [2.24, 2.45) is 17.3 Å². The highest BCUT2D eigenvalue weighted by molar-refractivity contribution is 5.99. The minimum Gasteiger partial charge on any atom is -0.481 e. The molecule has 8 heteroatoms. The fourth-order valence-corrected chi connectivity index (χ4v) is 2.91. The molecule has 0 unspecified atom stereocenters. The predicted octanol–water partition coefficient (Wildman–Crippen LogP) is 1.70. The smallest absolute Gasteiger partial charge is 0.307 e. The maximum atomic E-state index is 14.1. The molecule has 1 aliphatic rings. The number of carboxylic acids is 1. The van der Waals surface area contributed by atoms with Gasteiger partial charge >= 0.3 is 5.97 Å². The molecule has 1 fully saturated rings. The van der Waals surface area contributed by atoms with E-state index < -0.39 is 34.9 Å². The number of carboxylic acid groups (broad SMARTS) is 1. The van der Waals surface area contributed by atoms with Gasteiger partial charge in [-0.2, -0.15) is 5.10 Å². The van der Waals surface area contributed by atoms with Gasteiger partial charge in [0.05, 0.1) is 11.8 Å². The Labute approximate surface area is 131 Å². The van der Waals surface area contributed by atoms with Crippen LogP contribution < -0.4 is 5.32 Å². The van der Waals surface area contributed by atoms with Crippen molar-refractivity contribution in [3.05, 3.63) is 36.7 Å². The molecule has 0 bridgehead atoms. The van der Waals surface area contributed by atoms with Gasteiger partial charge in [-0.15, -0.1) is 0 Å². The van der Waals surface area contributed by atoms with Gasteiger partial charge in [-0.3, -0.25) is 9.59 Å². The molecule has 1 aliphatic carbocycles. The number of carbonyl (C=O) groups excluding carboxylic acids is 1. The average molecular weight is 318 g/mol. The molecule has 2 N–H and O–H groups in total. The summed E-state index contributed by atoms with van der Waals surface area (Å²) in [6.45, 7) is 3.45. The molecule has 1 amide bonds. The second-order valence-electron chi connectivity index (χ2n) is 6.11. The van der Waals surface area contributed by atoms with E-state index in [1.54, 1.807) is 13.8 Å². The third kappa shape index (κ3) is 2.56. The first kappa shape index (κ1) is 15.1. The number of nitrogens with zero attached hydrogens (tertiary/aromatic N) is 3. The number of halogens is 1. The topological polar surface area (TPSA) is 97.1 Å². The number of aromatic nitrogens is 3. The molecule has 1 aromatic heterocycles. The lowest BCUT2D eigenvalue weighted by molar-refractivity contribution is -0.140. The number of anilines is 1. The van der Waals surface area contributed by atoms with Crippen molar-refractivity contribution in [1.29, 1.82) is 0 Å². The molecule has 0 spiro atoms. The number of carbonyl (C=O) groups is 2. The zero-order chi connectivity index (χ0) is 16.8. The molecule has 1 aromatic carbocycles. The molecule has 1 saturated carbocycles. The van der Waals surface area contributed by atoms with Gasteiger partial charge in [0.1, 0.15) is 18.3 Å². The average Bonchev–Trinajstić information content (AvgIpc) is 2.84. The molecule has 7 nitrogen and oxygen atoms in total. The summed E-state index contributed by atoms with van der Waals surface area (Å²) in [5.41, 5.74) is -0.131. The number of rotatable bonds is 4. The van der Waals surface area contributed by atoms with Crippen LogP contribution in [0, 0.1) is 23.1 Å². The van der Waals surface area contributed by atoms with Crippen LogP contribution in [0.1, 0.15) is 13.8 Å². The van der Waals surface area contributed by atoms with Crippen molar-refractivity contribution >= 4 is 17.6 Å². The molecular weight excluding hydrogens is 303 g/mol. The Balaban J connectivity index is 1.76. The molecule has 1 heterocycles. The number of amides is 1. The van der Waals surface area contributed by atoms with Crippen molar-refractivity contribution in [3.63, 3.8) is 0 Å². The normalized spacial score (nSPS) is 21.7. The molecular formula is C15H15FN4O3. The Bertz CT molecular complexity index is 773. The van der Waals surface area contributed by atoms with E-state index in [0.29, 0.717) is 0 Å². The van der Waals surface area contributed by atoms with Gasteiger partial charge in [-0.25, -0.2) is 14.1 Å². The summed E-state index contributed by atoms with van der Waals surface area (Å²) in [7, 11) is 0. The Morgan fingerprint density at radius 2 is 2.09 bits per heavy atom. The molecule has 2 aromatic rings. The molecule has 3 rings (SSSR count). The fraction of sp³-hybridized carbons (Fsp3) is 0.333. The summed E-state index contributed by atoms with van der Waals surface area (Å²) in [5.74, 6) is -3.34. The van der Waals surface area contributed by atoms with E-state index in [4.69, 9.17) is 5.11 Å². The summed E-state index contributed by atoms with van der Waals surface area (Å²) in [4.78, 5) is 27.1. The second-order valence-corrected chi connectivity index (χ2v) is 6.11. The van der Waals surface area contributed by atoms with Crippen LogP contribution in [0.2, 0.25) is 0 Å². The zero-order valence-corrected chi connectivity index (χ0v) is 12.5. The Morgan fingerprint density at radius 1 is 1.35 bits per heavy atom. The van der Waals surface area contributed by atoms with Crippen molar-refractivity contribution in [2.75, 3.05) is 5.32 Å². The highest BCUT2D eigenvalue weighted by Crippen LogP contribution is 2.58. The van der Waals surface area contributed by atoms with Gasteiger partial charge in [0, 0.05) is 5.69 Å². The molecule has 120 valence electrons. The Kier molecular flexibility index (Phi) is 3.39. The van der Waals surface area contributed by atoms with E-state index in [0.717, 1.165) is 0 Å². The quantitative estimate of drug-likeness (QED) is 0.894. The van der Waals surface area contributed by atoms with Gasteiger partial charge in [0.15, 0.2) is 5.82 Å². The van der Waals surface area contributed by atoms with E-state index >= 15 is 0 Å². The number of benzene rings is 1. The van der Waals surface area contributed by atoms with Crippen molar-refractivity contribution in [1.82, 2.24) is 14.8 Å². The van der Waals surface area contributed by atoms with Crippen LogP contribution in [0.5, 0.6) is 0 Å². The Morgan fingerprint density at radius 3 is 2.61 bits per heavy atom. The first-order valence-electron chi connectivity index (χ1n) is 7.00. The van der Waals surface area contributed by atoms with E-state index in [-0.39, 0.29) is 11.4 Å². The highest BCUT2D eigenvalue weighted by Gasteiger charge is 2.65. The number of nitrogens with one attached hydrogen (secondary N) is 1. The highest BCUT2D eigenvalue weighted by atomic mass is 19.1. The molecule has 0 aliphatic heterocycles. The molecule has 23 heavy (non-hydrogen) atoms. The van der Waals surface area contributed by atoms with Crippen LogP contribution in [-0.4, -0.2) is 31.7 Å². The van der Waals surface area contributed by atoms with Gasteiger partial charge in [0.25, 0.3) is 0 Å². The van der Waals surface area contributed by atoms with Crippen LogP contribution >= 0.6 is 0 Å². The summed E-state index contributed by atoms with van der Waals surface area (Å²) in [6, 6.07) is 4.16. The van der Waals surface area contributed by atoms with Gasteiger partial charge in [-0.05, 0) is 23.6 Å². The SMILES string of the molecule is CC1(C)[C@H](C(=O)O)[C@@H]1C(=O)Nc1ccc(-n2cncn2)c(F)c1. The van der Waals surface area contributed by atoms with Crippen LogP contribution in [0.4, 0.5) is 10.1 Å². The molecule has 0 radical (unpaired) electrons.